The lowest BCUT2D eigenvalue weighted by Crippen LogP contribution is -2.51. The van der Waals surface area contributed by atoms with Crippen molar-refractivity contribution in [1.82, 2.24) is 5.32 Å². The SMILES string of the molecule is CNC(=O)N(c1cccc(-c2cc(OCC(=O)OC(C)(C)C)c(C(=O)OC)s2)c1)C1CC(C)(C)CC(C)(C)C1. The summed E-state index contributed by atoms with van der Waals surface area (Å²) in [7, 11) is 2.95. The minimum Gasteiger partial charge on any atom is -0.480 e. The van der Waals surface area contributed by atoms with Gasteiger partial charge in [-0.1, -0.05) is 39.8 Å². The number of nitrogens with zero attached hydrogens (tertiary/aromatic N) is 1. The number of benzene rings is 1. The normalized spacial score (nSPS) is 16.7. The Morgan fingerprint density at radius 2 is 1.72 bits per heavy atom. The van der Waals surface area contributed by atoms with Crippen LogP contribution in [0.15, 0.2) is 30.3 Å². The number of rotatable bonds is 7. The molecule has 0 bridgehead atoms. The molecule has 0 atom stereocenters. The maximum absolute atomic E-state index is 13.2. The maximum Gasteiger partial charge on any atom is 0.351 e. The third-order valence-corrected chi connectivity index (χ3v) is 7.72. The number of thiophene rings is 1. The minimum atomic E-state index is -0.648. The van der Waals surface area contributed by atoms with Crippen LogP contribution < -0.4 is 15.0 Å². The fraction of sp³-hybridized carbons (Fsp3) is 0.567. The highest BCUT2D eigenvalue weighted by Gasteiger charge is 2.42. The number of carbonyl (C=O) groups is 3. The lowest BCUT2D eigenvalue weighted by molar-refractivity contribution is -0.157. The summed E-state index contributed by atoms with van der Waals surface area (Å²) in [6.07, 6.45) is 2.88. The number of amides is 2. The van der Waals surface area contributed by atoms with E-state index in [4.69, 9.17) is 14.2 Å². The van der Waals surface area contributed by atoms with Gasteiger partial charge in [-0.05, 0) is 74.6 Å². The number of nitrogens with one attached hydrogen (secondary N) is 1. The minimum absolute atomic E-state index is 0.0284. The monoisotopic (exact) mass is 558 g/mol. The number of carbonyl (C=O) groups excluding carboxylic acids is 3. The number of hydrogen-bond donors (Lipinski definition) is 1. The van der Waals surface area contributed by atoms with E-state index in [1.807, 2.05) is 29.2 Å². The van der Waals surface area contributed by atoms with E-state index in [1.165, 1.54) is 18.4 Å². The van der Waals surface area contributed by atoms with E-state index >= 15 is 0 Å². The van der Waals surface area contributed by atoms with Gasteiger partial charge in [0.2, 0.25) is 0 Å². The fourth-order valence-corrected chi connectivity index (χ4v) is 6.78. The van der Waals surface area contributed by atoms with Crippen LogP contribution in [0.25, 0.3) is 10.4 Å². The van der Waals surface area contributed by atoms with Gasteiger partial charge < -0.3 is 19.5 Å². The van der Waals surface area contributed by atoms with E-state index in [0.29, 0.717) is 0 Å². The van der Waals surface area contributed by atoms with Crippen molar-refractivity contribution < 1.29 is 28.6 Å². The van der Waals surface area contributed by atoms with Crippen LogP contribution in [0.1, 0.15) is 77.4 Å². The van der Waals surface area contributed by atoms with Crippen LogP contribution >= 0.6 is 11.3 Å². The van der Waals surface area contributed by atoms with Gasteiger partial charge in [-0.2, -0.15) is 0 Å². The van der Waals surface area contributed by atoms with Gasteiger partial charge in [0, 0.05) is 23.7 Å². The standard InChI is InChI=1S/C30H42N2O6S/c1-28(2,3)38-24(33)17-37-22-14-23(39-25(22)26(34)36-9)19-11-10-12-20(13-19)32(27(35)31-8)21-15-29(4,5)18-30(6,7)16-21/h10-14,21H,15-18H2,1-9H3,(H,31,35). The third-order valence-electron chi connectivity index (χ3n) is 6.57. The van der Waals surface area contributed by atoms with Crippen molar-refractivity contribution in [2.75, 3.05) is 25.7 Å². The number of urea groups is 1. The number of anilines is 1. The molecule has 2 aromatic rings. The molecule has 1 aliphatic carbocycles. The number of hydrogen-bond acceptors (Lipinski definition) is 7. The Balaban J connectivity index is 1.96. The van der Waals surface area contributed by atoms with Gasteiger partial charge in [0.1, 0.15) is 11.4 Å². The smallest absolute Gasteiger partial charge is 0.351 e. The first-order valence-electron chi connectivity index (χ1n) is 13.2. The molecule has 2 amide bonds. The molecular weight excluding hydrogens is 516 g/mol. The summed E-state index contributed by atoms with van der Waals surface area (Å²) in [4.78, 5) is 40.8. The van der Waals surface area contributed by atoms with Crippen LogP contribution in [0.2, 0.25) is 0 Å². The molecule has 1 aromatic carbocycles. The first-order chi connectivity index (χ1) is 18.0. The zero-order chi connectivity index (χ0) is 29.2. The van der Waals surface area contributed by atoms with Crippen molar-refractivity contribution >= 4 is 35.0 Å². The van der Waals surface area contributed by atoms with E-state index in [-0.39, 0.29) is 40.1 Å². The predicted octanol–water partition coefficient (Wildman–Crippen LogP) is 6.67. The molecule has 1 heterocycles. The molecule has 1 N–H and O–H groups in total. The first-order valence-corrected chi connectivity index (χ1v) is 14.0. The molecule has 1 fully saturated rings. The fourth-order valence-electron chi connectivity index (χ4n) is 5.76. The second-order valence-electron chi connectivity index (χ2n) is 12.7. The molecule has 1 saturated carbocycles. The first kappa shape index (κ1) is 30.5. The number of ether oxygens (including phenoxy) is 3. The lowest BCUT2D eigenvalue weighted by Gasteiger charge is -2.48. The molecule has 39 heavy (non-hydrogen) atoms. The topological polar surface area (TPSA) is 94.2 Å². The molecule has 0 radical (unpaired) electrons. The van der Waals surface area contributed by atoms with Crippen molar-refractivity contribution in [3.63, 3.8) is 0 Å². The van der Waals surface area contributed by atoms with Crippen molar-refractivity contribution in [2.24, 2.45) is 10.8 Å². The maximum atomic E-state index is 13.2. The predicted molar refractivity (Wildman–Crippen MR) is 155 cm³/mol. The van der Waals surface area contributed by atoms with Crippen LogP contribution in [-0.4, -0.2) is 50.4 Å². The second-order valence-corrected chi connectivity index (χ2v) is 13.8. The van der Waals surface area contributed by atoms with Crippen molar-refractivity contribution in [2.45, 2.75) is 79.4 Å². The Hall–Kier alpha value is -3.07. The van der Waals surface area contributed by atoms with Crippen LogP contribution in [0.4, 0.5) is 10.5 Å². The number of methoxy groups -OCH3 is 1. The Morgan fingerprint density at radius 3 is 2.28 bits per heavy atom. The van der Waals surface area contributed by atoms with E-state index in [1.54, 1.807) is 33.9 Å². The molecule has 9 heteroatoms. The zero-order valence-electron chi connectivity index (χ0n) is 24.6. The van der Waals surface area contributed by atoms with Crippen molar-refractivity contribution in [3.05, 3.63) is 35.2 Å². The lowest BCUT2D eigenvalue weighted by atomic mass is 9.63. The quantitative estimate of drug-likeness (QED) is 0.381. The Bertz CT molecular complexity index is 1190. The van der Waals surface area contributed by atoms with Crippen molar-refractivity contribution in [3.8, 4) is 16.2 Å². The van der Waals surface area contributed by atoms with E-state index in [2.05, 4.69) is 33.0 Å². The third kappa shape index (κ3) is 7.97. The Labute approximate surface area is 236 Å². The molecule has 214 valence electrons. The summed E-state index contributed by atoms with van der Waals surface area (Å²) in [6.45, 7) is 14.0. The summed E-state index contributed by atoms with van der Waals surface area (Å²) in [6, 6.07) is 9.30. The largest absolute Gasteiger partial charge is 0.480 e. The van der Waals surface area contributed by atoms with Crippen molar-refractivity contribution in [1.29, 1.82) is 0 Å². The van der Waals surface area contributed by atoms with E-state index < -0.39 is 17.5 Å². The highest BCUT2D eigenvalue weighted by molar-refractivity contribution is 7.17. The molecule has 3 rings (SSSR count). The van der Waals surface area contributed by atoms with Crippen LogP contribution in [0.5, 0.6) is 5.75 Å². The molecule has 0 aliphatic heterocycles. The molecular formula is C30H42N2O6S. The molecule has 8 nitrogen and oxygen atoms in total. The Kier molecular flexibility index (Phi) is 9.05. The molecule has 1 aliphatic rings. The highest BCUT2D eigenvalue weighted by Crippen LogP contribution is 2.48. The summed E-state index contributed by atoms with van der Waals surface area (Å²) in [5, 5.41) is 2.82. The van der Waals surface area contributed by atoms with Gasteiger partial charge in [-0.25, -0.2) is 14.4 Å². The number of esters is 2. The highest BCUT2D eigenvalue weighted by atomic mass is 32.1. The van der Waals surface area contributed by atoms with Crippen LogP contribution in [0.3, 0.4) is 0 Å². The molecule has 1 aromatic heterocycles. The van der Waals surface area contributed by atoms with Gasteiger partial charge in [-0.3, -0.25) is 4.90 Å². The van der Waals surface area contributed by atoms with Gasteiger partial charge >= 0.3 is 18.0 Å². The average Bonchev–Trinajstić information content (AvgIpc) is 3.24. The molecule has 0 unspecified atom stereocenters. The van der Waals surface area contributed by atoms with E-state index in [9.17, 15) is 14.4 Å². The zero-order valence-corrected chi connectivity index (χ0v) is 25.4. The second kappa shape index (κ2) is 11.6. The summed E-state index contributed by atoms with van der Waals surface area (Å²) < 4.78 is 16.0. The van der Waals surface area contributed by atoms with Crippen LogP contribution in [-0.2, 0) is 14.3 Å². The summed E-state index contributed by atoms with van der Waals surface area (Å²) in [5.41, 5.74) is 1.14. The Morgan fingerprint density at radius 1 is 1.08 bits per heavy atom. The van der Waals surface area contributed by atoms with Crippen LogP contribution in [0, 0.1) is 10.8 Å². The van der Waals surface area contributed by atoms with E-state index in [0.717, 1.165) is 35.4 Å². The summed E-state index contributed by atoms with van der Waals surface area (Å²) in [5.74, 6) is -0.843. The van der Waals surface area contributed by atoms with Gasteiger partial charge in [0.15, 0.2) is 11.5 Å². The van der Waals surface area contributed by atoms with Gasteiger partial charge in [0.25, 0.3) is 0 Å². The van der Waals surface area contributed by atoms with Gasteiger partial charge in [0.05, 0.1) is 7.11 Å². The molecule has 0 saturated heterocycles. The molecule has 0 spiro atoms. The average molecular weight is 559 g/mol. The van der Waals surface area contributed by atoms with Gasteiger partial charge in [-0.15, -0.1) is 11.3 Å². The summed E-state index contributed by atoms with van der Waals surface area (Å²) >= 11 is 1.21.